The number of nitrogens with zero attached hydrogens (tertiary/aromatic N) is 2. The van der Waals surface area contributed by atoms with Gasteiger partial charge in [-0.2, -0.15) is 5.26 Å². The zero-order valence-electron chi connectivity index (χ0n) is 12.3. The molecule has 6 nitrogen and oxygen atoms in total. The highest BCUT2D eigenvalue weighted by Gasteiger charge is 2.30. The minimum Gasteiger partial charge on any atom is -0.477 e. The third-order valence-corrected chi connectivity index (χ3v) is 5.37. The van der Waals surface area contributed by atoms with Crippen molar-refractivity contribution in [2.45, 2.75) is 37.6 Å². The van der Waals surface area contributed by atoms with E-state index in [9.17, 15) is 9.59 Å². The van der Waals surface area contributed by atoms with Crippen molar-refractivity contribution in [2.75, 3.05) is 5.75 Å². The highest BCUT2D eigenvalue weighted by Crippen LogP contribution is 2.27. The average Bonchev–Trinajstić information content (AvgIpc) is 2.77. The molecule has 1 atom stereocenters. The van der Waals surface area contributed by atoms with E-state index in [1.807, 2.05) is 13.8 Å². The van der Waals surface area contributed by atoms with Gasteiger partial charge in [-0.3, -0.25) is 4.79 Å². The van der Waals surface area contributed by atoms with Crippen molar-refractivity contribution >= 4 is 35.0 Å². The number of thiazole rings is 1. The van der Waals surface area contributed by atoms with Crippen molar-refractivity contribution < 1.29 is 14.7 Å². The summed E-state index contributed by atoms with van der Waals surface area (Å²) in [6.07, 6.45) is 0. The maximum Gasteiger partial charge on any atom is 0.347 e. The Hall–Kier alpha value is -1.59. The molecular formula is C13H17N3O3S2. The molecule has 2 N–H and O–H groups in total. The number of carbonyl (C=O) groups is 2. The Bertz CT molecular complexity index is 592. The highest BCUT2D eigenvalue weighted by atomic mass is 32.2. The van der Waals surface area contributed by atoms with Gasteiger partial charge in [0.15, 0.2) is 4.34 Å². The number of hydrogen-bond acceptors (Lipinski definition) is 6. The Morgan fingerprint density at radius 2 is 2.19 bits per heavy atom. The Kier molecular flexibility index (Phi) is 5.75. The minimum atomic E-state index is -1.02. The summed E-state index contributed by atoms with van der Waals surface area (Å²) in [5, 5.41) is 20.8. The van der Waals surface area contributed by atoms with E-state index in [-0.39, 0.29) is 22.5 Å². The minimum absolute atomic E-state index is 0.0165. The van der Waals surface area contributed by atoms with Crippen molar-refractivity contribution in [1.29, 1.82) is 5.26 Å². The molecule has 8 heteroatoms. The molecule has 0 aliphatic heterocycles. The van der Waals surface area contributed by atoms with E-state index in [0.717, 1.165) is 11.3 Å². The number of nitrogens with one attached hydrogen (secondary N) is 1. The Labute approximate surface area is 131 Å². The van der Waals surface area contributed by atoms with Crippen molar-refractivity contribution in [3.05, 3.63) is 10.6 Å². The maximum atomic E-state index is 11.9. The van der Waals surface area contributed by atoms with Crippen LogP contribution in [-0.4, -0.2) is 33.3 Å². The molecular weight excluding hydrogens is 310 g/mol. The second kappa shape index (κ2) is 6.91. The monoisotopic (exact) mass is 327 g/mol. The van der Waals surface area contributed by atoms with Gasteiger partial charge in [0, 0.05) is 0 Å². The van der Waals surface area contributed by atoms with Crippen LogP contribution in [0.3, 0.4) is 0 Å². The van der Waals surface area contributed by atoms with Crippen molar-refractivity contribution in [3.8, 4) is 6.07 Å². The molecule has 0 fully saturated rings. The van der Waals surface area contributed by atoms with E-state index in [1.54, 1.807) is 13.8 Å². The number of aromatic nitrogens is 1. The molecule has 0 aliphatic rings. The number of thioether (sulfide) groups is 1. The first-order valence-electron chi connectivity index (χ1n) is 6.25. The van der Waals surface area contributed by atoms with Gasteiger partial charge >= 0.3 is 5.97 Å². The molecule has 0 saturated carbocycles. The Morgan fingerprint density at radius 1 is 1.57 bits per heavy atom. The second-order valence-corrected chi connectivity index (χ2v) is 7.23. The molecule has 0 radical (unpaired) electrons. The van der Waals surface area contributed by atoms with Gasteiger partial charge in [-0.05, 0) is 19.8 Å². The van der Waals surface area contributed by atoms with Gasteiger partial charge in [-0.25, -0.2) is 9.78 Å². The first kappa shape index (κ1) is 17.5. The quantitative estimate of drug-likeness (QED) is 0.777. The summed E-state index contributed by atoms with van der Waals surface area (Å²) >= 11 is 2.21. The van der Waals surface area contributed by atoms with Crippen LogP contribution >= 0.6 is 23.1 Å². The predicted octanol–water partition coefficient (Wildman–Crippen LogP) is 2.30. The van der Waals surface area contributed by atoms with Crippen LogP contribution in [0, 0.1) is 24.2 Å². The first-order chi connectivity index (χ1) is 9.69. The zero-order chi connectivity index (χ0) is 16.2. The van der Waals surface area contributed by atoms with E-state index in [0.29, 0.717) is 10.0 Å². The second-order valence-electron chi connectivity index (χ2n) is 5.01. The first-order valence-corrected chi connectivity index (χ1v) is 8.05. The van der Waals surface area contributed by atoms with Crippen LogP contribution in [0.4, 0.5) is 0 Å². The third-order valence-electron chi connectivity index (χ3n) is 3.08. The summed E-state index contributed by atoms with van der Waals surface area (Å²) in [6.45, 7) is 7.02. The standard InChI is InChI=1S/C13H17N3O3S2/c1-7(2)13(4,6-14)16-9(17)5-20-12-15-8(3)10(21-12)11(18)19/h7H,5H2,1-4H3,(H,16,17)(H,18,19). The number of carbonyl (C=O) groups excluding carboxylic acids is 1. The van der Waals surface area contributed by atoms with Gasteiger partial charge in [0.05, 0.1) is 17.5 Å². The smallest absolute Gasteiger partial charge is 0.347 e. The molecule has 0 aromatic carbocycles. The number of nitriles is 1. The third kappa shape index (κ3) is 4.44. The Balaban J connectivity index is 2.64. The topological polar surface area (TPSA) is 103 Å². The van der Waals surface area contributed by atoms with Crippen LogP contribution in [0.5, 0.6) is 0 Å². The summed E-state index contributed by atoms with van der Waals surface area (Å²) in [7, 11) is 0. The van der Waals surface area contributed by atoms with Crippen LogP contribution in [0.15, 0.2) is 4.34 Å². The molecule has 0 saturated heterocycles. The predicted molar refractivity (Wildman–Crippen MR) is 81.5 cm³/mol. The van der Waals surface area contributed by atoms with Crippen LogP contribution in [0.2, 0.25) is 0 Å². The lowest BCUT2D eigenvalue weighted by molar-refractivity contribution is -0.120. The average molecular weight is 327 g/mol. The number of aromatic carboxylic acids is 1. The molecule has 1 aromatic heterocycles. The zero-order valence-corrected chi connectivity index (χ0v) is 13.9. The maximum absolute atomic E-state index is 11.9. The summed E-state index contributed by atoms with van der Waals surface area (Å²) in [6, 6.07) is 2.10. The van der Waals surface area contributed by atoms with E-state index >= 15 is 0 Å². The van der Waals surface area contributed by atoms with Crippen molar-refractivity contribution in [1.82, 2.24) is 10.3 Å². The van der Waals surface area contributed by atoms with Crippen LogP contribution in [-0.2, 0) is 4.79 Å². The molecule has 0 aliphatic carbocycles. The summed E-state index contributed by atoms with van der Waals surface area (Å²) in [5.41, 5.74) is -0.470. The van der Waals surface area contributed by atoms with Gasteiger partial charge in [0.1, 0.15) is 10.4 Å². The van der Waals surface area contributed by atoms with E-state index in [1.165, 1.54) is 11.8 Å². The van der Waals surface area contributed by atoms with E-state index in [2.05, 4.69) is 16.4 Å². The number of carboxylic acids is 1. The molecule has 0 spiro atoms. The number of hydrogen-bond donors (Lipinski definition) is 2. The number of aryl methyl sites for hydroxylation is 1. The number of carboxylic acid groups (broad SMARTS) is 1. The van der Waals surface area contributed by atoms with Gasteiger partial charge in [0.2, 0.25) is 5.91 Å². The normalized spacial score (nSPS) is 13.5. The lowest BCUT2D eigenvalue weighted by atomic mass is 9.90. The largest absolute Gasteiger partial charge is 0.477 e. The number of amides is 1. The van der Waals surface area contributed by atoms with Crippen molar-refractivity contribution in [3.63, 3.8) is 0 Å². The highest BCUT2D eigenvalue weighted by molar-refractivity contribution is 8.01. The van der Waals surface area contributed by atoms with Crippen molar-refractivity contribution in [2.24, 2.45) is 5.92 Å². The molecule has 114 valence electrons. The summed E-state index contributed by atoms with van der Waals surface area (Å²) in [5.74, 6) is -1.21. The van der Waals surface area contributed by atoms with Crippen LogP contribution in [0.1, 0.15) is 36.1 Å². The fourth-order valence-electron chi connectivity index (χ4n) is 1.39. The fraction of sp³-hybridized carbons (Fsp3) is 0.538. The van der Waals surface area contributed by atoms with Gasteiger partial charge in [-0.1, -0.05) is 25.6 Å². The van der Waals surface area contributed by atoms with Gasteiger partial charge in [0.25, 0.3) is 0 Å². The van der Waals surface area contributed by atoms with Gasteiger partial charge in [-0.15, -0.1) is 11.3 Å². The van der Waals surface area contributed by atoms with E-state index < -0.39 is 11.5 Å². The SMILES string of the molecule is Cc1nc(SCC(=O)NC(C)(C#N)C(C)C)sc1C(=O)O. The van der Waals surface area contributed by atoms with Crippen LogP contribution < -0.4 is 5.32 Å². The molecule has 1 amide bonds. The molecule has 21 heavy (non-hydrogen) atoms. The summed E-state index contributed by atoms with van der Waals surface area (Å²) in [4.78, 5) is 27.1. The van der Waals surface area contributed by atoms with E-state index in [4.69, 9.17) is 10.4 Å². The molecule has 1 heterocycles. The molecule has 0 bridgehead atoms. The van der Waals surface area contributed by atoms with Gasteiger partial charge < -0.3 is 10.4 Å². The lowest BCUT2D eigenvalue weighted by Crippen LogP contribution is -2.49. The van der Waals surface area contributed by atoms with Crippen LogP contribution in [0.25, 0.3) is 0 Å². The lowest BCUT2D eigenvalue weighted by Gasteiger charge is -2.27. The molecule has 1 unspecified atom stereocenters. The molecule has 1 aromatic rings. The fourth-order valence-corrected chi connectivity index (χ4v) is 3.21. The number of rotatable bonds is 6. The molecule has 1 rings (SSSR count). The Morgan fingerprint density at radius 3 is 2.62 bits per heavy atom. The summed E-state index contributed by atoms with van der Waals surface area (Å²) < 4.78 is 0.531.